The summed E-state index contributed by atoms with van der Waals surface area (Å²) in [6, 6.07) is 69.0. The monoisotopic (exact) mass is 742 g/mol. The van der Waals surface area contributed by atoms with E-state index in [1.54, 1.807) is 0 Å². The Morgan fingerprint density at radius 1 is 0.362 bits per heavy atom. The Morgan fingerprint density at radius 3 is 1.76 bits per heavy atom. The number of hydrogen-bond donors (Lipinski definition) is 0. The van der Waals surface area contributed by atoms with Crippen molar-refractivity contribution in [2.75, 3.05) is 0 Å². The molecular weight excluding hydrogens is 705 g/mol. The number of para-hydroxylation sites is 1. The number of rotatable bonds is 6. The highest BCUT2D eigenvalue weighted by atomic mass is 16.3. The van der Waals surface area contributed by atoms with E-state index in [4.69, 9.17) is 14.4 Å². The average Bonchev–Trinajstić information content (AvgIpc) is 3.78. The van der Waals surface area contributed by atoms with Crippen LogP contribution in [0.3, 0.4) is 0 Å². The van der Waals surface area contributed by atoms with Crippen LogP contribution >= 0.6 is 0 Å². The van der Waals surface area contributed by atoms with Crippen molar-refractivity contribution in [1.29, 1.82) is 0 Å². The fraction of sp³-hybridized carbons (Fsp3) is 0.0545. The Labute approximate surface area is 338 Å². The van der Waals surface area contributed by atoms with Gasteiger partial charge in [0.15, 0.2) is 5.82 Å². The highest BCUT2D eigenvalue weighted by Gasteiger charge is 2.37. The minimum absolute atomic E-state index is 0.204. The van der Waals surface area contributed by atoms with Crippen LogP contribution in [0.1, 0.15) is 25.0 Å². The minimum Gasteiger partial charge on any atom is -0.456 e. The molecule has 10 aromatic rings. The lowest BCUT2D eigenvalue weighted by molar-refractivity contribution is 0.662. The third-order valence-electron chi connectivity index (χ3n) is 11.9. The van der Waals surface area contributed by atoms with E-state index in [2.05, 4.69) is 190 Å². The second-order valence-electron chi connectivity index (χ2n) is 15.7. The van der Waals surface area contributed by atoms with Crippen LogP contribution in [0.5, 0.6) is 0 Å². The van der Waals surface area contributed by atoms with Gasteiger partial charge in [-0.05, 0) is 98.1 Å². The van der Waals surface area contributed by atoms with Crippen LogP contribution in [0.25, 0.3) is 100 Å². The standard InChI is InChI=1S/C55H38N2O/c1-55(2)48-26-13-11-22-43(48)45-24-15-25-46(53(45)55)50-34-49(56-54(57-50)36-18-7-4-8-19-36)40-31-38(37-28-29-52-47(33-37)44-23-12-14-27-51(44)58-52)30-39(32-40)42-21-10-9-20-41(42)35-16-5-3-6-17-35/h3-34H,1-2H3. The molecule has 274 valence electrons. The number of nitrogens with zero attached hydrogens (tertiary/aromatic N) is 2. The van der Waals surface area contributed by atoms with Gasteiger partial charge in [0.05, 0.1) is 11.4 Å². The van der Waals surface area contributed by atoms with Gasteiger partial charge in [-0.25, -0.2) is 9.97 Å². The molecule has 2 heterocycles. The zero-order chi connectivity index (χ0) is 38.8. The van der Waals surface area contributed by atoms with E-state index in [1.165, 1.54) is 33.4 Å². The van der Waals surface area contributed by atoms with Crippen LogP contribution < -0.4 is 0 Å². The fourth-order valence-electron chi connectivity index (χ4n) is 9.12. The highest BCUT2D eigenvalue weighted by Crippen LogP contribution is 2.52. The summed E-state index contributed by atoms with van der Waals surface area (Å²) in [7, 11) is 0. The maximum Gasteiger partial charge on any atom is 0.160 e. The number of furan rings is 1. The number of fused-ring (bicyclic) bond motifs is 6. The first kappa shape index (κ1) is 33.9. The molecule has 0 bridgehead atoms. The molecule has 0 radical (unpaired) electrons. The Balaban J connectivity index is 1.16. The summed E-state index contributed by atoms with van der Waals surface area (Å²) in [6.45, 7) is 4.67. The summed E-state index contributed by atoms with van der Waals surface area (Å²) in [5.74, 6) is 0.696. The van der Waals surface area contributed by atoms with E-state index in [1.807, 2.05) is 18.2 Å². The van der Waals surface area contributed by atoms with Crippen molar-refractivity contribution in [3.63, 3.8) is 0 Å². The summed E-state index contributed by atoms with van der Waals surface area (Å²) in [6.07, 6.45) is 0. The Morgan fingerprint density at radius 2 is 0.948 bits per heavy atom. The molecule has 0 saturated carbocycles. The summed E-state index contributed by atoms with van der Waals surface area (Å²) in [4.78, 5) is 10.7. The van der Waals surface area contributed by atoms with Crippen molar-refractivity contribution in [2.45, 2.75) is 19.3 Å². The van der Waals surface area contributed by atoms with Gasteiger partial charge < -0.3 is 4.42 Å². The zero-order valence-electron chi connectivity index (χ0n) is 32.3. The molecule has 0 atom stereocenters. The van der Waals surface area contributed by atoms with Crippen LogP contribution in [-0.2, 0) is 5.41 Å². The second-order valence-corrected chi connectivity index (χ2v) is 15.7. The van der Waals surface area contributed by atoms with Crippen LogP contribution in [0, 0.1) is 0 Å². The molecule has 8 aromatic carbocycles. The smallest absolute Gasteiger partial charge is 0.160 e. The van der Waals surface area contributed by atoms with Crippen LogP contribution in [0.15, 0.2) is 199 Å². The van der Waals surface area contributed by atoms with Gasteiger partial charge in [0, 0.05) is 32.9 Å². The molecule has 0 unspecified atom stereocenters. The largest absolute Gasteiger partial charge is 0.456 e. The Kier molecular flexibility index (Phi) is 7.84. The van der Waals surface area contributed by atoms with Crippen molar-refractivity contribution in [1.82, 2.24) is 9.97 Å². The molecule has 58 heavy (non-hydrogen) atoms. The first-order valence-corrected chi connectivity index (χ1v) is 19.9. The SMILES string of the molecule is CC1(C)c2ccccc2-c2cccc(-c3cc(-c4cc(-c5ccc6oc7ccccc7c6c5)cc(-c5ccccc5-c5ccccc5)c4)nc(-c4ccccc4)n3)c21. The number of hydrogen-bond acceptors (Lipinski definition) is 3. The average molecular weight is 743 g/mol. The van der Waals surface area contributed by atoms with Gasteiger partial charge in [0.2, 0.25) is 0 Å². The van der Waals surface area contributed by atoms with Crippen molar-refractivity contribution < 1.29 is 4.42 Å². The predicted octanol–water partition coefficient (Wildman–Crippen LogP) is 14.7. The summed E-state index contributed by atoms with van der Waals surface area (Å²) in [5.41, 5.74) is 18.5. The van der Waals surface area contributed by atoms with E-state index in [0.29, 0.717) is 5.82 Å². The molecule has 2 aromatic heterocycles. The van der Waals surface area contributed by atoms with E-state index in [-0.39, 0.29) is 5.41 Å². The topological polar surface area (TPSA) is 38.9 Å². The first-order valence-electron chi connectivity index (χ1n) is 19.9. The zero-order valence-corrected chi connectivity index (χ0v) is 32.3. The molecule has 3 nitrogen and oxygen atoms in total. The van der Waals surface area contributed by atoms with Gasteiger partial charge in [-0.3, -0.25) is 0 Å². The van der Waals surface area contributed by atoms with E-state index >= 15 is 0 Å². The van der Waals surface area contributed by atoms with Gasteiger partial charge in [-0.15, -0.1) is 0 Å². The molecule has 0 N–H and O–H groups in total. The van der Waals surface area contributed by atoms with Crippen molar-refractivity contribution in [3.8, 4) is 78.4 Å². The molecule has 0 saturated heterocycles. The summed E-state index contributed by atoms with van der Waals surface area (Å²) < 4.78 is 6.25. The predicted molar refractivity (Wildman–Crippen MR) is 239 cm³/mol. The van der Waals surface area contributed by atoms with Crippen molar-refractivity contribution in [3.05, 3.63) is 205 Å². The molecule has 1 aliphatic carbocycles. The molecule has 11 rings (SSSR count). The number of benzene rings is 8. The normalized spacial score (nSPS) is 12.8. The van der Waals surface area contributed by atoms with E-state index < -0.39 is 0 Å². The quantitative estimate of drug-likeness (QED) is 0.170. The molecule has 0 spiro atoms. The first-order chi connectivity index (χ1) is 28.5. The fourth-order valence-corrected chi connectivity index (χ4v) is 9.12. The minimum atomic E-state index is -0.204. The summed E-state index contributed by atoms with van der Waals surface area (Å²) in [5, 5.41) is 2.21. The maximum absolute atomic E-state index is 6.25. The molecule has 3 heteroatoms. The maximum atomic E-state index is 6.25. The molecule has 1 aliphatic rings. The van der Waals surface area contributed by atoms with Gasteiger partial charge in [-0.1, -0.05) is 166 Å². The Bertz CT molecular complexity index is 3190. The van der Waals surface area contributed by atoms with Gasteiger partial charge in [0.25, 0.3) is 0 Å². The lowest BCUT2D eigenvalue weighted by Gasteiger charge is -2.24. The molecule has 0 aliphatic heterocycles. The molecule has 0 fully saturated rings. The molecule has 0 amide bonds. The number of aromatic nitrogens is 2. The van der Waals surface area contributed by atoms with Crippen LogP contribution in [0.4, 0.5) is 0 Å². The second kappa shape index (κ2) is 13.4. The lowest BCUT2D eigenvalue weighted by atomic mass is 9.79. The van der Waals surface area contributed by atoms with E-state index in [0.717, 1.165) is 72.3 Å². The van der Waals surface area contributed by atoms with Gasteiger partial charge in [-0.2, -0.15) is 0 Å². The third kappa shape index (κ3) is 5.58. The summed E-state index contributed by atoms with van der Waals surface area (Å²) >= 11 is 0. The third-order valence-corrected chi connectivity index (χ3v) is 11.9. The van der Waals surface area contributed by atoms with Gasteiger partial charge in [0.1, 0.15) is 11.2 Å². The van der Waals surface area contributed by atoms with Crippen LogP contribution in [0.2, 0.25) is 0 Å². The van der Waals surface area contributed by atoms with Gasteiger partial charge >= 0.3 is 0 Å². The van der Waals surface area contributed by atoms with E-state index in [9.17, 15) is 0 Å². The van der Waals surface area contributed by atoms with Crippen molar-refractivity contribution in [2.24, 2.45) is 0 Å². The van der Waals surface area contributed by atoms with Crippen molar-refractivity contribution >= 4 is 21.9 Å². The molecular formula is C55H38N2O. The lowest BCUT2D eigenvalue weighted by Crippen LogP contribution is -2.16. The highest BCUT2D eigenvalue weighted by molar-refractivity contribution is 6.06. The van der Waals surface area contributed by atoms with Crippen LogP contribution in [-0.4, -0.2) is 9.97 Å². The Hall–Kier alpha value is -7.36.